The van der Waals surface area contributed by atoms with Crippen LogP contribution in [0.3, 0.4) is 0 Å². The molecule has 5 heteroatoms. The first-order chi connectivity index (χ1) is 17.7. The fourth-order valence-corrected chi connectivity index (χ4v) is 5.52. The predicted molar refractivity (Wildman–Crippen MR) is 145 cm³/mol. The fourth-order valence-electron chi connectivity index (χ4n) is 5.52. The first-order valence-electron chi connectivity index (χ1n) is 13.2. The summed E-state index contributed by atoms with van der Waals surface area (Å²) in [6.07, 6.45) is 6.10. The van der Waals surface area contributed by atoms with Crippen molar-refractivity contribution in [1.29, 1.82) is 0 Å². The van der Waals surface area contributed by atoms with Crippen molar-refractivity contribution in [3.05, 3.63) is 83.4 Å². The number of hydrogen-bond donors (Lipinski definition) is 0. The largest absolute Gasteiger partial charge is 0.497 e. The Labute approximate surface area is 215 Å². The van der Waals surface area contributed by atoms with E-state index in [0.717, 1.165) is 49.8 Å². The Hall–Kier alpha value is -3.18. The van der Waals surface area contributed by atoms with Crippen LogP contribution in [-0.2, 0) is 13.0 Å². The molecular formula is C31H38N2O3. The van der Waals surface area contributed by atoms with Gasteiger partial charge in [-0.2, -0.15) is 0 Å². The molecule has 5 rings (SSSR count). The maximum Gasteiger partial charge on any atom is 0.119 e. The Bertz CT molecular complexity index is 1110. The lowest BCUT2D eigenvalue weighted by atomic mass is 9.90. The van der Waals surface area contributed by atoms with Crippen LogP contribution in [0, 0.1) is 0 Å². The molecule has 190 valence electrons. The van der Waals surface area contributed by atoms with Crippen LogP contribution in [0.15, 0.2) is 66.7 Å². The van der Waals surface area contributed by atoms with Gasteiger partial charge in [-0.1, -0.05) is 30.7 Å². The van der Waals surface area contributed by atoms with Gasteiger partial charge >= 0.3 is 0 Å². The number of rotatable bonds is 9. The normalized spacial score (nSPS) is 17.9. The SMILES string of the molecule is COc1ccc(C2CCc3cc(OC)ccc3N2Cc2ccc(OCCN3CCCCC3)cc2)cc1. The minimum Gasteiger partial charge on any atom is -0.497 e. The van der Waals surface area contributed by atoms with Gasteiger partial charge in [-0.3, -0.25) is 4.90 Å². The monoisotopic (exact) mass is 486 g/mol. The molecule has 36 heavy (non-hydrogen) atoms. The van der Waals surface area contributed by atoms with Gasteiger partial charge in [0.15, 0.2) is 0 Å². The molecule has 1 saturated heterocycles. The third kappa shape index (κ3) is 5.79. The summed E-state index contributed by atoms with van der Waals surface area (Å²) in [4.78, 5) is 5.05. The maximum atomic E-state index is 6.07. The van der Waals surface area contributed by atoms with Gasteiger partial charge in [0.05, 0.1) is 20.3 Å². The summed E-state index contributed by atoms with van der Waals surface area (Å²) >= 11 is 0. The average Bonchev–Trinajstić information content (AvgIpc) is 2.94. The highest BCUT2D eigenvalue weighted by molar-refractivity contribution is 5.60. The van der Waals surface area contributed by atoms with E-state index in [9.17, 15) is 0 Å². The summed E-state index contributed by atoms with van der Waals surface area (Å²) in [5.41, 5.74) is 5.22. The zero-order valence-corrected chi connectivity index (χ0v) is 21.6. The van der Waals surface area contributed by atoms with Crippen LogP contribution in [0.2, 0.25) is 0 Å². The number of piperidine rings is 1. The number of methoxy groups -OCH3 is 2. The Balaban J connectivity index is 1.31. The quantitative estimate of drug-likeness (QED) is 0.356. The molecule has 0 spiro atoms. The summed E-state index contributed by atoms with van der Waals surface area (Å²) in [5.74, 6) is 2.76. The topological polar surface area (TPSA) is 34.2 Å². The third-order valence-electron chi connectivity index (χ3n) is 7.56. The molecule has 1 unspecified atom stereocenters. The second-order valence-corrected chi connectivity index (χ2v) is 9.84. The summed E-state index contributed by atoms with van der Waals surface area (Å²) in [6, 6.07) is 23.9. The van der Waals surface area contributed by atoms with E-state index in [0.29, 0.717) is 6.04 Å². The van der Waals surface area contributed by atoms with E-state index in [1.807, 2.05) is 0 Å². The molecule has 3 aromatic rings. The number of anilines is 1. The Kier molecular flexibility index (Phi) is 7.97. The third-order valence-corrected chi connectivity index (χ3v) is 7.56. The van der Waals surface area contributed by atoms with Gasteiger partial charge in [-0.15, -0.1) is 0 Å². The zero-order chi connectivity index (χ0) is 24.7. The molecule has 0 radical (unpaired) electrons. The molecular weight excluding hydrogens is 448 g/mol. The predicted octanol–water partition coefficient (Wildman–Crippen LogP) is 6.26. The molecule has 0 bridgehead atoms. The molecule has 0 aliphatic carbocycles. The Morgan fingerprint density at radius 2 is 1.47 bits per heavy atom. The Morgan fingerprint density at radius 3 is 2.19 bits per heavy atom. The van der Waals surface area contributed by atoms with Crippen LogP contribution in [-0.4, -0.2) is 45.4 Å². The summed E-state index contributed by atoms with van der Waals surface area (Å²) < 4.78 is 17.0. The lowest BCUT2D eigenvalue weighted by Gasteiger charge is -2.39. The molecule has 0 aromatic heterocycles. The molecule has 5 nitrogen and oxygen atoms in total. The summed E-state index contributed by atoms with van der Waals surface area (Å²) in [6.45, 7) is 5.02. The van der Waals surface area contributed by atoms with Crippen molar-refractivity contribution in [3.8, 4) is 17.2 Å². The Morgan fingerprint density at radius 1 is 0.778 bits per heavy atom. The fraction of sp³-hybridized carbons (Fsp3) is 0.419. The first-order valence-corrected chi connectivity index (χ1v) is 13.2. The highest BCUT2D eigenvalue weighted by Gasteiger charge is 2.28. The standard InChI is InChI=1S/C31H38N2O3/c1-34-27-13-8-25(9-14-27)30-16-10-26-22-29(35-2)15-17-31(26)33(30)23-24-6-11-28(12-7-24)36-21-20-32-18-4-3-5-19-32/h6-9,11-15,17,22,30H,3-5,10,16,18-21,23H2,1-2H3. The molecule has 0 saturated carbocycles. The summed E-state index contributed by atoms with van der Waals surface area (Å²) in [5, 5.41) is 0. The molecule has 2 aliphatic rings. The lowest BCUT2D eigenvalue weighted by molar-refractivity contribution is 0.183. The van der Waals surface area contributed by atoms with Crippen molar-refractivity contribution in [3.63, 3.8) is 0 Å². The van der Waals surface area contributed by atoms with Crippen molar-refractivity contribution in [2.24, 2.45) is 0 Å². The minimum atomic E-state index is 0.303. The van der Waals surface area contributed by atoms with Crippen LogP contribution in [0.4, 0.5) is 5.69 Å². The number of benzene rings is 3. The van der Waals surface area contributed by atoms with Crippen LogP contribution in [0.1, 0.15) is 48.4 Å². The van der Waals surface area contributed by atoms with Crippen LogP contribution >= 0.6 is 0 Å². The lowest BCUT2D eigenvalue weighted by Crippen LogP contribution is -2.33. The molecule has 3 aromatic carbocycles. The number of fused-ring (bicyclic) bond motifs is 1. The van der Waals surface area contributed by atoms with Crippen LogP contribution in [0.5, 0.6) is 17.2 Å². The van der Waals surface area contributed by atoms with E-state index in [1.54, 1.807) is 14.2 Å². The van der Waals surface area contributed by atoms with Gasteiger partial charge in [-0.25, -0.2) is 0 Å². The van der Waals surface area contributed by atoms with Crippen molar-refractivity contribution >= 4 is 5.69 Å². The highest BCUT2D eigenvalue weighted by Crippen LogP contribution is 2.41. The zero-order valence-electron chi connectivity index (χ0n) is 21.6. The van der Waals surface area contributed by atoms with Gasteiger partial charge in [0.2, 0.25) is 0 Å². The number of likely N-dealkylation sites (tertiary alicyclic amines) is 1. The van der Waals surface area contributed by atoms with Crippen molar-refractivity contribution < 1.29 is 14.2 Å². The summed E-state index contributed by atoms with van der Waals surface area (Å²) in [7, 11) is 3.45. The first kappa shape index (κ1) is 24.5. The van der Waals surface area contributed by atoms with Gasteiger partial charge in [-0.05, 0) is 97.9 Å². The molecule has 1 atom stereocenters. The van der Waals surface area contributed by atoms with E-state index < -0.39 is 0 Å². The van der Waals surface area contributed by atoms with E-state index in [-0.39, 0.29) is 0 Å². The van der Waals surface area contributed by atoms with E-state index in [2.05, 4.69) is 76.5 Å². The average molecular weight is 487 g/mol. The maximum absolute atomic E-state index is 6.07. The van der Waals surface area contributed by atoms with Crippen molar-refractivity contribution in [2.45, 2.75) is 44.7 Å². The van der Waals surface area contributed by atoms with Gasteiger partial charge in [0.1, 0.15) is 23.9 Å². The number of ether oxygens (including phenoxy) is 3. The number of hydrogen-bond acceptors (Lipinski definition) is 5. The van der Waals surface area contributed by atoms with Crippen LogP contribution < -0.4 is 19.1 Å². The van der Waals surface area contributed by atoms with Gasteiger partial charge < -0.3 is 19.1 Å². The van der Waals surface area contributed by atoms with E-state index in [4.69, 9.17) is 14.2 Å². The van der Waals surface area contributed by atoms with E-state index in [1.165, 1.54) is 54.7 Å². The smallest absolute Gasteiger partial charge is 0.119 e. The van der Waals surface area contributed by atoms with Gasteiger partial charge in [0, 0.05) is 18.8 Å². The second kappa shape index (κ2) is 11.7. The molecule has 0 amide bonds. The molecule has 0 N–H and O–H groups in total. The number of nitrogens with zero attached hydrogens (tertiary/aromatic N) is 2. The van der Waals surface area contributed by atoms with E-state index >= 15 is 0 Å². The minimum absolute atomic E-state index is 0.303. The van der Waals surface area contributed by atoms with Crippen molar-refractivity contribution in [1.82, 2.24) is 4.90 Å². The highest BCUT2D eigenvalue weighted by atomic mass is 16.5. The van der Waals surface area contributed by atoms with Crippen LogP contribution in [0.25, 0.3) is 0 Å². The molecule has 2 heterocycles. The van der Waals surface area contributed by atoms with Gasteiger partial charge in [0.25, 0.3) is 0 Å². The second-order valence-electron chi connectivity index (χ2n) is 9.84. The molecule has 1 fully saturated rings. The van der Waals surface area contributed by atoms with Crippen molar-refractivity contribution in [2.75, 3.05) is 45.4 Å². The molecule has 2 aliphatic heterocycles. The number of aryl methyl sites for hydroxylation is 1.